The van der Waals surface area contributed by atoms with Gasteiger partial charge >= 0.3 is 0 Å². The van der Waals surface area contributed by atoms with E-state index in [1.807, 2.05) is 32.0 Å². The van der Waals surface area contributed by atoms with Gasteiger partial charge in [-0.3, -0.25) is 14.5 Å². The number of nitrogens with one attached hydrogen (secondary N) is 1. The maximum Gasteiger partial charge on any atom is 0.261 e. The van der Waals surface area contributed by atoms with Crippen LogP contribution in [0.3, 0.4) is 0 Å². The molecule has 0 unspecified atom stereocenters. The first-order valence-electron chi connectivity index (χ1n) is 10.6. The minimum Gasteiger partial charge on any atom is -0.368 e. The number of aryl methyl sites for hydroxylation is 2. The van der Waals surface area contributed by atoms with E-state index in [9.17, 15) is 13.2 Å². The fraction of sp³-hybridized carbons (Fsp3) is 0.250. The van der Waals surface area contributed by atoms with E-state index < -0.39 is 10.0 Å². The highest BCUT2D eigenvalue weighted by molar-refractivity contribution is 7.92. The lowest BCUT2D eigenvalue weighted by molar-refractivity contribution is 0.0746. The molecule has 1 aromatic heterocycles. The fourth-order valence-electron chi connectivity index (χ4n) is 3.75. The first-order valence-corrected chi connectivity index (χ1v) is 12.4. The van der Waals surface area contributed by atoms with E-state index in [0.717, 1.165) is 16.8 Å². The van der Waals surface area contributed by atoms with Gasteiger partial charge in [0.25, 0.3) is 15.9 Å². The van der Waals surface area contributed by atoms with E-state index in [4.69, 9.17) is 11.6 Å². The van der Waals surface area contributed by atoms with Gasteiger partial charge in [-0.05, 0) is 67.4 Å². The lowest BCUT2D eigenvalue weighted by atomic mass is 10.1. The molecule has 0 radical (unpaired) electrons. The highest BCUT2D eigenvalue weighted by Crippen LogP contribution is 2.25. The van der Waals surface area contributed by atoms with Crippen LogP contribution in [0.15, 0.2) is 65.8 Å². The smallest absolute Gasteiger partial charge is 0.261 e. The second kappa shape index (κ2) is 9.41. The van der Waals surface area contributed by atoms with Crippen molar-refractivity contribution in [2.75, 3.05) is 35.8 Å². The van der Waals surface area contributed by atoms with Gasteiger partial charge in [0.1, 0.15) is 0 Å². The summed E-state index contributed by atoms with van der Waals surface area (Å²) in [6.07, 6.45) is 3.48. The number of carbonyl (C=O) groups excluding carboxylic acids is 1. The molecule has 2 heterocycles. The van der Waals surface area contributed by atoms with Crippen molar-refractivity contribution in [3.05, 3.63) is 82.6 Å². The normalized spacial score (nSPS) is 14.3. The average molecular weight is 485 g/mol. The van der Waals surface area contributed by atoms with Gasteiger partial charge in [-0.1, -0.05) is 17.7 Å². The van der Waals surface area contributed by atoms with Crippen LogP contribution in [0, 0.1) is 13.8 Å². The zero-order valence-electron chi connectivity index (χ0n) is 18.5. The molecule has 7 nitrogen and oxygen atoms in total. The van der Waals surface area contributed by atoms with Crippen LogP contribution in [0.5, 0.6) is 0 Å². The summed E-state index contributed by atoms with van der Waals surface area (Å²) in [7, 11) is -3.88. The van der Waals surface area contributed by atoms with Crippen LogP contribution in [0.2, 0.25) is 5.02 Å². The van der Waals surface area contributed by atoms with E-state index in [-0.39, 0.29) is 21.4 Å². The Kier molecular flexibility index (Phi) is 6.58. The number of carbonyl (C=O) groups is 1. The first-order chi connectivity index (χ1) is 15.7. The molecule has 1 aliphatic heterocycles. The number of aromatic nitrogens is 1. The van der Waals surface area contributed by atoms with Crippen molar-refractivity contribution in [2.24, 2.45) is 0 Å². The van der Waals surface area contributed by atoms with Crippen molar-refractivity contribution in [2.45, 2.75) is 18.7 Å². The van der Waals surface area contributed by atoms with Gasteiger partial charge in [0.2, 0.25) is 0 Å². The number of pyridine rings is 1. The van der Waals surface area contributed by atoms with Gasteiger partial charge in [-0.25, -0.2) is 8.42 Å². The van der Waals surface area contributed by atoms with Gasteiger partial charge in [0.05, 0.1) is 15.5 Å². The molecule has 3 aromatic rings. The molecule has 1 fully saturated rings. The Morgan fingerprint density at radius 3 is 2.30 bits per heavy atom. The van der Waals surface area contributed by atoms with Gasteiger partial charge in [-0.2, -0.15) is 0 Å². The molecule has 0 saturated carbocycles. The van der Waals surface area contributed by atoms with Crippen LogP contribution in [-0.4, -0.2) is 50.4 Å². The molecule has 1 N–H and O–H groups in total. The number of hydrogen-bond acceptors (Lipinski definition) is 5. The van der Waals surface area contributed by atoms with Gasteiger partial charge < -0.3 is 9.80 Å². The second-order valence-corrected chi connectivity index (χ2v) is 10.1. The van der Waals surface area contributed by atoms with E-state index in [1.165, 1.54) is 18.2 Å². The summed E-state index contributed by atoms with van der Waals surface area (Å²) in [6, 6.07) is 13.4. The predicted molar refractivity (Wildman–Crippen MR) is 131 cm³/mol. The lowest BCUT2D eigenvalue weighted by Crippen LogP contribution is -2.48. The fourth-order valence-corrected chi connectivity index (χ4v) is 5.02. The topological polar surface area (TPSA) is 82.6 Å². The third-order valence-corrected chi connectivity index (χ3v) is 7.54. The standard InChI is InChI=1S/C24H25ClN4O3S/c1-17-3-4-19(15-18(17)2)27-33(31,32)21-5-6-23(25)22(16-21)24(30)29-13-11-28(12-14-29)20-7-9-26-10-8-20/h3-10,15-16,27H,11-14H2,1-2H3. The summed E-state index contributed by atoms with van der Waals surface area (Å²) in [5.41, 5.74) is 3.75. The first kappa shape index (κ1) is 23.1. The second-order valence-electron chi connectivity index (χ2n) is 8.03. The number of anilines is 2. The molecule has 4 rings (SSSR count). The quantitative estimate of drug-likeness (QED) is 0.589. The SMILES string of the molecule is Cc1ccc(NS(=O)(=O)c2ccc(Cl)c(C(=O)N3CCN(c4ccncc4)CC3)c2)cc1C. The average Bonchev–Trinajstić information content (AvgIpc) is 2.82. The Hall–Kier alpha value is -3.10. The van der Waals surface area contributed by atoms with Gasteiger partial charge in [0.15, 0.2) is 0 Å². The number of amides is 1. The highest BCUT2D eigenvalue weighted by atomic mass is 35.5. The summed E-state index contributed by atoms with van der Waals surface area (Å²) in [5, 5.41) is 0.224. The van der Waals surface area contributed by atoms with Crippen LogP contribution >= 0.6 is 11.6 Å². The van der Waals surface area contributed by atoms with E-state index in [0.29, 0.717) is 31.9 Å². The number of hydrogen-bond donors (Lipinski definition) is 1. The van der Waals surface area contributed by atoms with Crippen LogP contribution in [-0.2, 0) is 10.0 Å². The molecule has 0 aliphatic carbocycles. The lowest BCUT2D eigenvalue weighted by Gasteiger charge is -2.36. The summed E-state index contributed by atoms with van der Waals surface area (Å²) >= 11 is 6.30. The minimum atomic E-state index is -3.88. The van der Waals surface area contributed by atoms with Crippen LogP contribution in [0.4, 0.5) is 11.4 Å². The van der Waals surface area contributed by atoms with Crippen molar-refractivity contribution >= 4 is 38.9 Å². The Bertz CT molecular complexity index is 1270. The third kappa shape index (κ3) is 5.12. The zero-order valence-corrected chi connectivity index (χ0v) is 20.0. The molecule has 172 valence electrons. The molecule has 1 amide bonds. The van der Waals surface area contributed by atoms with Gasteiger partial charge in [-0.15, -0.1) is 0 Å². The molecule has 2 aromatic carbocycles. The number of rotatable bonds is 5. The zero-order chi connectivity index (χ0) is 23.6. The Labute approximate surface area is 199 Å². The number of halogens is 1. The van der Waals surface area contributed by atoms with Crippen molar-refractivity contribution in [1.82, 2.24) is 9.88 Å². The Morgan fingerprint density at radius 1 is 0.939 bits per heavy atom. The minimum absolute atomic E-state index is 0.0103. The molecule has 9 heteroatoms. The molecular weight excluding hydrogens is 460 g/mol. The predicted octanol–water partition coefficient (Wildman–Crippen LogP) is 4.12. The summed E-state index contributed by atoms with van der Waals surface area (Å²) in [5.74, 6) is -0.280. The maximum atomic E-state index is 13.2. The molecule has 0 spiro atoms. The highest BCUT2D eigenvalue weighted by Gasteiger charge is 2.26. The van der Waals surface area contributed by atoms with Crippen molar-refractivity contribution in [3.63, 3.8) is 0 Å². The van der Waals surface area contributed by atoms with Crippen molar-refractivity contribution < 1.29 is 13.2 Å². The molecule has 33 heavy (non-hydrogen) atoms. The van der Waals surface area contributed by atoms with Gasteiger partial charge in [0, 0.05) is 49.9 Å². The number of sulfonamides is 1. The summed E-state index contributed by atoms with van der Waals surface area (Å²) in [6.45, 7) is 6.23. The van der Waals surface area contributed by atoms with Crippen molar-refractivity contribution in [3.8, 4) is 0 Å². The van der Waals surface area contributed by atoms with Crippen LogP contribution in [0.1, 0.15) is 21.5 Å². The van der Waals surface area contributed by atoms with E-state index in [2.05, 4.69) is 14.6 Å². The number of piperazine rings is 1. The molecule has 1 aliphatic rings. The Balaban J connectivity index is 1.51. The Morgan fingerprint density at radius 2 is 1.64 bits per heavy atom. The number of benzene rings is 2. The monoisotopic (exact) mass is 484 g/mol. The van der Waals surface area contributed by atoms with E-state index in [1.54, 1.807) is 29.4 Å². The summed E-state index contributed by atoms with van der Waals surface area (Å²) in [4.78, 5) is 21.1. The molecule has 0 atom stereocenters. The van der Waals surface area contributed by atoms with Crippen LogP contribution < -0.4 is 9.62 Å². The van der Waals surface area contributed by atoms with E-state index >= 15 is 0 Å². The maximum absolute atomic E-state index is 13.2. The van der Waals surface area contributed by atoms with Crippen molar-refractivity contribution in [1.29, 1.82) is 0 Å². The largest absolute Gasteiger partial charge is 0.368 e. The molecule has 1 saturated heterocycles. The molecular formula is C24H25ClN4O3S. The van der Waals surface area contributed by atoms with Crippen LogP contribution in [0.25, 0.3) is 0 Å². The third-order valence-electron chi connectivity index (χ3n) is 5.83. The summed E-state index contributed by atoms with van der Waals surface area (Å²) < 4.78 is 28.5. The number of nitrogens with zero attached hydrogens (tertiary/aromatic N) is 3. The molecule has 0 bridgehead atoms.